The van der Waals surface area contributed by atoms with Gasteiger partial charge in [0.05, 0.1) is 6.61 Å². The normalized spacial score (nSPS) is 24.5. The van der Waals surface area contributed by atoms with Crippen molar-refractivity contribution in [3.05, 3.63) is 22.4 Å². The molecular weight excluding hydrogens is 206 g/mol. The third kappa shape index (κ3) is 2.60. The lowest BCUT2D eigenvalue weighted by molar-refractivity contribution is 0.125. The molecule has 1 aromatic heterocycles. The molecule has 1 N–H and O–H groups in total. The standard InChI is InChI=1S/C12H19NOS/c1-10(7-11-4-6-15-9-11)13-5-2-3-12(13)8-14/h4,6,9-10,12,14H,2-3,5,7-8H2,1H3/t10?,12-/m0/s1. The highest BCUT2D eigenvalue weighted by Crippen LogP contribution is 2.22. The van der Waals surface area contributed by atoms with E-state index in [0.717, 1.165) is 19.4 Å². The fraction of sp³-hybridized carbons (Fsp3) is 0.667. The van der Waals surface area contributed by atoms with E-state index in [-0.39, 0.29) is 0 Å². The van der Waals surface area contributed by atoms with E-state index in [1.807, 2.05) is 0 Å². The van der Waals surface area contributed by atoms with Gasteiger partial charge in [0.15, 0.2) is 0 Å². The maximum Gasteiger partial charge on any atom is 0.0586 e. The Bertz CT molecular complexity index is 286. The summed E-state index contributed by atoms with van der Waals surface area (Å²) in [7, 11) is 0. The summed E-state index contributed by atoms with van der Waals surface area (Å²) in [6, 6.07) is 3.16. The van der Waals surface area contributed by atoms with E-state index in [1.165, 1.54) is 12.0 Å². The minimum atomic E-state index is 0.313. The zero-order chi connectivity index (χ0) is 10.7. The highest BCUT2D eigenvalue weighted by atomic mass is 32.1. The third-order valence-electron chi connectivity index (χ3n) is 3.31. The van der Waals surface area contributed by atoms with Gasteiger partial charge in [-0.2, -0.15) is 11.3 Å². The first-order valence-corrected chi connectivity index (χ1v) is 6.63. The molecule has 0 saturated carbocycles. The van der Waals surface area contributed by atoms with Gasteiger partial charge in [0.2, 0.25) is 0 Å². The number of aliphatic hydroxyl groups excluding tert-OH is 1. The second kappa shape index (κ2) is 5.10. The van der Waals surface area contributed by atoms with E-state index >= 15 is 0 Å². The summed E-state index contributed by atoms with van der Waals surface area (Å²) in [5.41, 5.74) is 1.43. The summed E-state index contributed by atoms with van der Waals surface area (Å²) < 4.78 is 0. The average Bonchev–Trinajstić information content (AvgIpc) is 2.86. The predicted molar refractivity (Wildman–Crippen MR) is 64.3 cm³/mol. The second-order valence-electron chi connectivity index (χ2n) is 4.40. The van der Waals surface area contributed by atoms with Crippen LogP contribution in [0, 0.1) is 0 Å². The molecule has 2 nitrogen and oxygen atoms in total. The van der Waals surface area contributed by atoms with Crippen molar-refractivity contribution in [2.24, 2.45) is 0 Å². The van der Waals surface area contributed by atoms with Crippen LogP contribution in [0.5, 0.6) is 0 Å². The number of aliphatic hydroxyl groups is 1. The van der Waals surface area contributed by atoms with Crippen LogP contribution in [0.4, 0.5) is 0 Å². The molecule has 1 unspecified atom stereocenters. The molecule has 84 valence electrons. The topological polar surface area (TPSA) is 23.5 Å². The number of likely N-dealkylation sites (tertiary alicyclic amines) is 1. The molecule has 15 heavy (non-hydrogen) atoms. The van der Waals surface area contributed by atoms with E-state index < -0.39 is 0 Å². The van der Waals surface area contributed by atoms with E-state index in [2.05, 4.69) is 28.7 Å². The molecule has 1 aromatic rings. The fourth-order valence-electron chi connectivity index (χ4n) is 2.50. The van der Waals surface area contributed by atoms with Crippen LogP contribution in [-0.2, 0) is 6.42 Å². The van der Waals surface area contributed by atoms with Crippen LogP contribution in [-0.4, -0.2) is 35.2 Å². The van der Waals surface area contributed by atoms with Gasteiger partial charge in [-0.3, -0.25) is 4.90 Å². The summed E-state index contributed by atoms with van der Waals surface area (Å²) in [6.07, 6.45) is 3.50. The zero-order valence-corrected chi connectivity index (χ0v) is 10.0. The van der Waals surface area contributed by atoms with Gasteiger partial charge in [0.1, 0.15) is 0 Å². The molecule has 0 amide bonds. The van der Waals surface area contributed by atoms with Crippen molar-refractivity contribution < 1.29 is 5.11 Å². The number of hydrogen-bond donors (Lipinski definition) is 1. The molecule has 0 aromatic carbocycles. The lowest BCUT2D eigenvalue weighted by Crippen LogP contribution is -2.40. The molecule has 3 heteroatoms. The van der Waals surface area contributed by atoms with E-state index in [4.69, 9.17) is 0 Å². The van der Waals surface area contributed by atoms with Crippen LogP contribution in [0.15, 0.2) is 16.8 Å². The number of thiophene rings is 1. The van der Waals surface area contributed by atoms with Crippen molar-refractivity contribution in [2.75, 3.05) is 13.2 Å². The maximum absolute atomic E-state index is 9.27. The smallest absolute Gasteiger partial charge is 0.0586 e. The summed E-state index contributed by atoms with van der Waals surface area (Å²) in [5, 5.41) is 13.6. The molecule has 0 radical (unpaired) electrons. The molecule has 2 rings (SSSR count). The zero-order valence-electron chi connectivity index (χ0n) is 9.22. The molecule has 1 aliphatic rings. The van der Waals surface area contributed by atoms with Crippen molar-refractivity contribution in [2.45, 2.75) is 38.3 Å². The summed E-state index contributed by atoms with van der Waals surface area (Å²) in [5.74, 6) is 0. The Morgan fingerprint density at radius 3 is 3.20 bits per heavy atom. The van der Waals surface area contributed by atoms with Gasteiger partial charge in [-0.25, -0.2) is 0 Å². The summed E-state index contributed by atoms with van der Waals surface area (Å²) >= 11 is 1.76. The molecule has 0 aliphatic carbocycles. The predicted octanol–water partition coefficient (Wildman–Crippen LogP) is 2.14. The van der Waals surface area contributed by atoms with Gasteiger partial charge in [0.25, 0.3) is 0 Å². The van der Waals surface area contributed by atoms with Gasteiger partial charge < -0.3 is 5.11 Å². The van der Waals surface area contributed by atoms with E-state index in [9.17, 15) is 5.11 Å². The van der Waals surface area contributed by atoms with Gasteiger partial charge in [-0.05, 0) is 55.1 Å². The quantitative estimate of drug-likeness (QED) is 0.848. The van der Waals surface area contributed by atoms with Gasteiger partial charge in [-0.1, -0.05) is 0 Å². The highest BCUT2D eigenvalue weighted by molar-refractivity contribution is 7.07. The fourth-order valence-corrected chi connectivity index (χ4v) is 3.18. The SMILES string of the molecule is CC(Cc1ccsc1)N1CCC[C@H]1CO. The number of rotatable bonds is 4. The Kier molecular flexibility index (Phi) is 3.78. The summed E-state index contributed by atoms with van der Waals surface area (Å²) in [4.78, 5) is 2.46. The highest BCUT2D eigenvalue weighted by Gasteiger charge is 2.27. The Morgan fingerprint density at radius 1 is 1.67 bits per heavy atom. The molecule has 1 aliphatic heterocycles. The molecule has 2 atom stereocenters. The van der Waals surface area contributed by atoms with Crippen LogP contribution in [0.1, 0.15) is 25.3 Å². The van der Waals surface area contributed by atoms with Gasteiger partial charge in [0, 0.05) is 12.1 Å². The third-order valence-corrected chi connectivity index (χ3v) is 4.04. The van der Waals surface area contributed by atoms with Gasteiger partial charge in [-0.15, -0.1) is 0 Å². The van der Waals surface area contributed by atoms with Crippen LogP contribution in [0.25, 0.3) is 0 Å². The van der Waals surface area contributed by atoms with E-state index in [0.29, 0.717) is 18.7 Å². The van der Waals surface area contributed by atoms with Crippen LogP contribution in [0.2, 0.25) is 0 Å². The minimum absolute atomic E-state index is 0.313. The van der Waals surface area contributed by atoms with Crippen LogP contribution >= 0.6 is 11.3 Å². The molecular formula is C12H19NOS. The van der Waals surface area contributed by atoms with Crippen molar-refractivity contribution >= 4 is 11.3 Å². The van der Waals surface area contributed by atoms with E-state index in [1.54, 1.807) is 11.3 Å². The van der Waals surface area contributed by atoms with Crippen LogP contribution in [0.3, 0.4) is 0 Å². The van der Waals surface area contributed by atoms with Crippen LogP contribution < -0.4 is 0 Å². The Balaban J connectivity index is 1.92. The van der Waals surface area contributed by atoms with Crippen molar-refractivity contribution in [1.29, 1.82) is 0 Å². The first-order valence-electron chi connectivity index (χ1n) is 5.69. The monoisotopic (exact) mass is 225 g/mol. The van der Waals surface area contributed by atoms with Crippen molar-refractivity contribution in [1.82, 2.24) is 4.90 Å². The molecule has 2 heterocycles. The number of hydrogen-bond acceptors (Lipinski definition) is 3. The lowest BCUT2D eigenvalue weighted by atomic mass is 10.1. The van der Waals surface area contributed by atoms with Crippen molar-refractivity contribution in [3.63, 3.8) is 0 Å². The Morgan fingerprint density at radius 2 is 2.53 bits per heavy atom. The molecule has 0 bridgehead atoms. The molecule has 0 spiro atoms. The Labute approximate surface area is 95.5 Å². The van der Waals surface area contributed by atoms with Crippen molar-refractivity contribution in [3.8, 4) is 0 Å². The average molecular weight is 225 g/mol. The van der Waals surface area contributed by atoms with Gasteiger partial charge >= 0.3 is 0 Å². The minimum Gasteiger partial charge on any atom is -0.395 e. The Hall–Kier alpha value is -0.380. The molecule has 1 saturated heterocycles. The number of nitrogens with zero attached hydrogens (tertiary/aromatic N) is 1. The largest absolute Gasteiger partial charge is 0.395 e. The second-order valence-corrected chi connectivity index (χ2v) is 5.18. The molecule has 1 fully saturated rings. The summed E-state index contributed by atoms with van der Waals surface area (Å²) in [6.45, 7) is 3.73. The first kappa shape index (κ1) is 11.1. The first-order chi connectivity index (χ1) is 7.31. The maximum atomic E-state index is 9.27. The lowest BCUT2D eigenvalue weighted by Gasteiger charge is -2.29.